The van der Waals surface area contributed by atoms with Gasteiger partial charge in [0.15, 0.2) is 0 Å². The van der Waals surface area contributed by atoms with E-state index in [2.05, 4.69) is 15.9 Å². The average molecular weight is 354 g/mol. The highest BCUT2D eigenvalue weighted by Crippen LogP contribution is 2.26. The van der Waals surface area contributed by atoms with Crippen molar-refractivity contribution >= 4 is 27.8 Å². The van der Waals surface area contributed by atoms with E-state index in [1.54, 1.807) is 0 Å². The van der Waals surface area contributed by atoms with E-state index in [1.807, 2.05) is 30.0 Å². The first-order valence-electron chi connectivity index (χ1n) is 7.17. The summed E-state index contributed by atoms with van der Waals surface area (Å²) in [6.45, 7) is 2.63. The molecule has 1 aromatic carbocycles. The maximum atomic E-state index is 12.8. The van der Waals surface area contributed by atoms with E-state index in [1.165, 1.54) is 7.11 Å². The SMILES string of the molecule is COC(=O)CC1CCCCN1C(=O)c1cccc(Br)c1C. The zero-order chi connectivity index (χ0) is 15.4. The molecule has 0 aromatic heterocycles. The van der Waals surface area contributed by atoms with E-state index in [0.717, 1.165) is 29.3 Å². The van der Waals surface area contributed by atoms with E-state index in [4.69, 9.17) is 4.74 Å². The maximum Gasteiger partial charge on any atom is 0.307 e. The minimum absolute atomic E-state index is 0.00223. The summed E-state index contributed by atoms with van der Waals surface area (Å²) in [5.74, 6) is -0.256. The summed E-state index contributed by atoms with van der Waals surface area (Å²) >= 11 is 3.46. The van der Waals surface area contributed by atoms with Crippen molar-refractivity contribution < 1.29 is 14.3 Å². The second-order valence-electron chi connectivity index (χ2n) is 5.34. The lowest BCUT2D eigenvalue weighted by Gasteiger charge is -2.35. The van der Waals surface area contributed by atoms with Gasteiger partial charge in [-0.2, -0.15) is 0 Å². The highest BCUT2D eigenvalue weighted by atomic mass is 79.9. The number of carbonyl (C=O) groups excluding carboxylic acids is 2. The highest BCUT2D eigenvalue weighted by molar-refractivity contribution is 9.10. The number of hydrogen-bond donors (Lipinski definition) is 0. The molecular formula is C16H20BrNO3. The van der Waals surface area contributed by atoms with E-state index < -0.39 is 0 Å². The van der Waals surface area contributed by atoms with Crippen LogP contribution in [0.1, 0.15) is 41.6 Å². The summed E-state index contributed by atoms with van der Waals surface area (Å²) in [7, 11) is 1.38. The summed E-state index contributed by atoms with van der Waals surface area (Å²) in [5, 5.41) is 0. The van der Waals surface area contributed by atoms with E-state index in [0.29, 0.717) is 12.1 Å². The molecule has 1 heterocycles. The van der Waals surface area contributed by atoms with Gasteiger partial charge >= 0.3 is 5.97 Å². The summed E-state index contributed by atoms with van der Waals surface area (Å²) < 4.78 is 5.67. The molecule has 1 fully saturated rings. The molecule has 1 unspecified atom stereocenters. The van der Waals surface area contributed by atoms with Crippen molar-refractivity contribution in [3.05, 3.63) is 33.8 Å². The van der Waals surface area contributed by atoms with Crippen LogP contribution in [0.25, 0.3) is 0 Å². The molecule has 5 heteroatoms. The Bertz CT molecular complexity index is 544. The standard InChI is InChI=1S/C16H20BrNO3/c1-11-13(7-5-8-14(11)17)16(20)18-9-4-3-6-12(18)10-15(19)21-2/h5,7-8,12H,3-4,6,9-10H2,1-2H3. The van der Waals surface area contributed by atoms with Crippen LogP contribution in [0.2, 0.25) is 0 Å². The molecule has 1 aliphatic heterocycles. The molecular weight excluding hydrogens is 334 g/mol. The van der Waals surface area contributed by atoms with Gasteiger partial charge in [-0.05, 0) is 43.9 Å². The van der Waals surface area contributed by atoms with Crippen LogP contribution in [-0.2, 0) is 9.53 Å². The topological polar surface area (TPSA) is 46.6 Å². The monoisotopic (exact) mass is 353 g/mol. The molecule has 0 aliphatic carbocycles. The smallest absolute Gasteiger partial charge is 0.307 e. The number of benzene rings is 1. The molecule has 0 saturated carbocycles. The molecule has 4 nitrogen and oxygen atoms in total. The van der Waals surface area contributed by atoms with Gasteiger partial charge in [-0.3, -0.25) is 9.59 Å². The number of halogens is 1. The third-order valence-corrected chi connectivity index (χ3v) is 4.88. The third-order valence-electron chi connectivity index (χ3n) is 4.02. The average Bonchev–Trinajstić information content (AvgIpc) is 2.50. The van der Waals surface area contributed by atoms with Crippen LogP contribution in [-0.4, -0.2) is 36.5 Å². The number of esters is 1. The predicted octanol–water partition coefficient (Wildman–Crippen LogP) is 3.32. The number of rotatable bonds is 3. The molecule has 0 spiro atoms. The second kappa shape index (κ2) is 7.07. The Hall–Kier alpha value is -1.36. The van der Waals surface area contributed by atoms with Gasteiger partial charge in [0, 0.05) is 22.6 Å². The van der Waals surface area contributed by atoms with Gasteiger partial charge in [0.05, 0.1) is 13.5 Å². The minimum Gasteiger partial charge on any atom is -0.469 e. The van der Waals surface area contributed by atoms with Gasteiger partial charge in [0.1, 0.15) is 0 Å². The van der Waals surface area contributed by atoms with Crippen molar-refractivity contribution in [1.82, 2.24) is 4.90 Å². The molecule has 114 valence electrons. The lowest BCUT2D eigenvalue weighted by Crippen LogP contribution is -2.45. The summed E-state index contributed by atoms with van der Waals surface area (Å²) in [6.07, 6.45) is 3.16. The van der Waals surface area contributed by atoms with Crippen molar-refractivity contribution in [2.24, 2.45) is 0 Å². The zero-order valence-corrected chi connectivity index (χ0v) is 14.0. The molecule has 2 rings (SSSR count). The normalized spacial score (nSPS) is 18.4. The molecule has 0 N–H and O–H groups in total. The molecule has 1 saturated heterocycles. The van der Waals surface area contributed by atoms with Crippen molar-refractivity contribution in [1.29, 1.82) is 0 Å². The molecule has 1 aliphatic rings. The number of amides is 1. The number of methoxy groups -OCH3 is 1. The van der Waals surface area contributed by atoms with Crippen LogP contribution in [0.4, 0.5) is 0 Å². The fourth-order valence-electron chi connectivity index (χ4n) is 2.75. The summed E-state index contributed by atoms with van der Waals surface area (Å²) in [4.78, 5) is 26.2. The van der Waals surface area contributed by atoms with Gasteiger partial charge < -0.3 is 9.64 Å². The predicted molar refractivity (Wildman–Crippen MR) is 84.2 cm³/mol. The van der Waals surface area contributed by atoms with Crippen LogP contribution in [0.3, 0.4) is 0 Å². The van der Waals surface area contributed by atoms with Crippen LogP contribution in [0.5, 0.6) is 0 Å². The molecule has 0 radical (unpaired) electrons. The largest absolute Gasteiger partial charge is 0.469 e. The first kappa shape index (κ1) is 16.0. The van der Waals surface area contributed by atoms with Gasteiger partial charge in [0.2, 0.25) is 0 Å². The first-order chi connectivity index (χ1) is 10.0. The Morgan fingerprint density at radius 2 is 2.14 bits per heavy atom. The first-order valence-corrected chi connectivity index (χ1v) is 7.96. The lowest BCUT2D eigenvalue weighted by atomic mass is 9.97. The molecule has 1 aromatic rings. The van der Waals surface area contributed by atoms with E-state index >= 15 is 0 Å². The summed E-state index contributed by atoms with van der Waals surface area (Å²) in [5.41, 5.74) is 1.63. The van der Waals surface area contributed by atoms with Crippen molar-refractivity contribution in [3.8, 4) is 0 Å². The summed E-state index contributed by atoms with van der Waals surface area (Å²) in [6, 6.07) is 5.57. The number of piperidine rings is 1. The van der Waals surface area contributed by atoms with Crippen molar-refractivity contribution in [2.45, 2.75) is 38.6 Å². The Morgan fingerprint density at radius 3 is 2.86 bits per heavy atom. The Kier molecular flexibility index (Phi) is 5.39. The number of hydrogen-bond acceptors (Lipinski definition) is 3. The fourth-order valence-corrected chi connectivity index (χ4v) is 3.12. The second-order valence-corrected chi connectivity index (χ2v) is 6.20. The van der Waals surface area contributed by atoms with Crippen molar-refractivity contribution in [3.63, 3.8) is 0 Å². The number of nitrogens with zero attached hydrogens (tertiary/aromatic N) is 1. The Labute approximate surface area is 133 Å². The zero-order valence-electron chi connectivity index (χ0n) is 12.4. The quantitative estimate of drug-likeness (QED) is 0.783. The Morgan fingerprint density at radius 1 is 1.38 bits per heavy atom. The Balaban J connectivity index is 2.22. The van der Waals surface area contributed by atoms with Crippen LogP contribution in [0.15, 0.2) is 22.7 Å². The molecule has 1 atom stereocenters. The molecule has 0 bridgehead atoms. The van der Waals surface area contributed by atoms with Gasteiger partial charge in [-0.25, -0.2) is 0 Å². The number of likely N-dealkylation sites (tertiary alicyclic amines) is 1. The van der Waals surface area contributed by atoms with Gasteiger partial charge in [-0.15, -0.1) is 0 Å². The van der Waals surface area contributed by atoms with Crippen molar-refractivity contribution in [2.75, 3.05) is 13.7 Å². The van der Waals surface area contributed by atoms with Crippen LogP contribution >= 0.6 is 15.9 Å². The molecule has 1 amide bonds. The highest BCUT2D eigenvalue weighted by Gasteiger charge is 2.30. The van der Waals surface area contributed by atoms with Crippen LogP contribution in [0, 0.1) is 6.92 Å². The van der Waals surface area contributed by atoms with Gasteiger partial charge in [-0.1, -0.05) is 22.0 Å². The number of ether oxygens (including phenoxy) is 1. The minimum atomic E-state index is -0.259. The van der Waals surface area contributed by atoms with E-state index in [-0.39, 0.29) is 24.3 Å². The maximum absolute atomic E-state index is 12.8. The lowest BCUT2D eigenvalue weighted by molar-refractivity contribution is -0.142. The van der Waals surface area contributed by atoms with E-state index in [9.17, 15) is 9.59 Å². The fraction of sp³-hybridized carbons (Fsp3) is 0.500. The molecule has 21 heavy (non-hydrogen) atoms. The third kappa shape index (κ3) is 3.64. The number of carbonyl (C=O) groups is 2. The van der Waals surface area contributed by atoms with Gasteiger partial charge in [0.25, 0.3) is 5.91 Å². The van der Waals surface area contributed by atoms with Crippen LogP contribution < -0.4 is 0 Å².